The molecule has 1 atom stereocenters. The maximum Gasteiger partial charge on any atom is 0.314 e. The van der Waals surface area contributed by atoms with Gasteiger partial charge in [-0.25, -0.2) is 0 Å². The van der Waals surface area contributed by atoms with E-state index in [-0.39, 0.29) is 18.0 Å². The van der Waals surface area contributed by atoms with Crippen LogP contribution < -0.4 is 10.2 Å². The molecule has 2 aromatic carbocycles. The number of hydrogen-bond donors (Lipinski definition) is 2. The van der Waals surface area contributed by atoms with Gasteiger partial charge in [-0.05, 0) is 25.1 Å². The lowest BCUT2D eigenvalue weighted by molar-refractivity contribution is -0.384. The number of nitro groups is 1. The molecule has 0 bridgehead atoms. The van der Waals surface area contributed by atoms with E-state index < -0.39 is 16.8 Å². The molecule has 0 saturated heterocycles. The topological polar surface area (TPSA) is 126 Å². The highest BCUT2D eigenvalue weighted by Crippen LogP contribution is 2.37. The fourth-order valence-corrected chi connectivity index (χ4v) is 3.28. The molecule has 3 aromatic rings. The molecule has 0 radical (unpaired) electrons. The lowest BCUT2D eigenvalue weighted by atomic mass is 10.1. The number of hydrogen-bond acceptors (Lipinski definition) is 6. The third-order valence-electron chi connectivity index (χ3n) is 4.86. The summed E-state index contributed by atoms with van der Waals surface area (Å²) in [5.74, 6) is 0.645. The van der Waals surface area contributed by atoms with Gasteiger partial charge in [-0.3, -0.25) is 19.7 Å². The Balaban J connectivity index is 2.05. The monoisotopic (exact) mass is 421 g/mol. The van der Waals surface area contributed by atoms with E-state index in [1.807, 2.05) is 4.90 Å². The molecule has 1 unspecified atom stereocenters. The molecular weight excluding hydrogens is 402 g/mol. The molecule has 1 aromatic heterocycles. The minimum absolute atomic E-state index is 0.0329. The van der Waals surface area contributed by atoms with Crippen molar-refractivity contribution in [1.82, 2.24) is 0 Å². The second-order valence-corrected chi connectivity index (χ2v) is 6.79. The fourth-order valence-electron chi connectivity index (χ4n) is 3.28. The minimum atomic E-state index is -1.09. The summed E-state index contributed by atoms with van der Waals surface area (Å²) in [5.41, 5.74) is 2.09. The molecular formula is C22H19N3O6. The van der Waals surface area contributed by atoms with E-state index in [0.717, 1.165) is 0 Å². The van der Waals surface area contributed by atoms with Crippen LogP contribution in [0, 0.1) is 22.5 Å². The molecule has 31 heavy (non-hydrogen) atoms. The van der Waals surface area contributed by atoms with Crippen molar-refractivity contribution in [3.8, 4) is 12.3 Å². The second-order valence-electron chi connectivity index (χ2n) is 6.79. The predicted molar refractivity (Wildman–Crippen MR) is 115 cm³/mol. The third-order valence-corrected chi connectivity index (χ3v) is 4.86. The van der Waals surface area contributed by atoms with Crippen molar-refractivity contribution >= 4 is 40.4 Å². The summed E-state index contributed by atoms with van der Waals surface area (Å²) >= 11 is 0. The standard InChI is InChI=1S/C22H19N3O6/c1-3-11-24(16-7-9-17(10-8-16)25(29)30)12-15-5-4-6-18-19(23-13-26)20(31-21(15)18)14(2)22(27)28/h1,4-10,13-14H,11-12H2,2H3,(H,23,26)(H,27,28). The number of fused-ring (bicyclic) bond motifs is 1. The highest BCUT2D eigenvalue weighted by atomic mass is 16.6. The molecule has 3 rings (SSSR count). The SMILES string of the molecule is C#CCN(Cc1cccc2c(NC=O)c(C(C)C(=O)O)oc12)c1ccc([N+](=O)[O-])cc1. The Morgan fingerprint density at radius 3 is 2.65 bits per heavy atom. The van der Waals surface area contributed by atoms with Crippen LogP contribution in [0.1, 0.15) is 24.2 Å². The van der Waals surface area contributed by atoms with E-state index in [9.17, 15) is 24.8 Å². The van der Waals surface area contributed by atoms with Gasteiger partial charge in [0.2, 0.25) is 6.41 Å². The highest BCUT2D eigenvalue weighted by molar-refractivity contribution is 5.99. The maximum absolute atomic E-state index is 11.5. The Bertz CT molecular complexity index is 1180. The average Bonchev–Trinajstić information content (AvgIpc) is 3.12. The van der Waals surface area contributed by atoms with Crippen LogP contribution in [0.3, 0.4) is 0 Å². The van der Waals surface area contributed by atoms with E-state index in [1.54, 1.807) is 30.3 Å². The van der Waals surface area contributed by atoms with E-state index in [2.05, 4.69) is 11.2 Å². The number of non-ortho nitro benzene ring substituents is 1. The number of nitrogens with zero attached hydrogens (tertiary/aromatic N) is 2. The number of benzene rings is 2. The van der Waals surface area contributed by atoms with Gasteiger partial charge in [0.15, 0.2) is 0 Å². The molecule has 9 nitrogen and oxygen atoms in total. The zero-order valence-electron chi connectivity index (χ0n) is 16.6. The first-order chi connectivity index (χ1) is 14.9. The Morgan fingerprint density at radius 2 is 2.06 bits per heavy atom. The molecule has 0 aliphatic heterocycles. The number of carboxylic acids is 1. The lowest BCUT2D eigenvalue weighted by Gasteiger charge is -2.22. The molecule has 0 fully saturated rings. The first-order valence-electron chi connectivity index (χ1n) is 9.27. The number of nitrogens with one attached hydrogen (secondary N) is 1. The number of rotatable bonds is 9. The van der Waals surface area contributed by atoms with Gasteiger partial charge in [0, 0.05) is 35.3 Å². The average molecular weight is 421 g/mol. The quantitative estimate of drug-likeness (QED) is 0.233. The van der Waals surface area contributed by atoms with Crippen molar-refractivity contribution in [2.45, 2.75) is 19.4 Å². The number of carbonyl (C=O) groups is 2. The van der Waals surface area contributed by atoms with E-state index in [0.29, 0.717) is 40.9 Å². The molecule has 158 valence electrons. The van der Waals surface area contributed by atoms with Crippen LogP contribution in [0.25, 0.3) is 11.0 Å². The zero-order valence-corrected chi connectivity index (χ0v) is 16.6. The second kappa shape index (κ2) is 9.00. The summed E-state index contributed by atoms with van der Waals surface area (Å²) in [6.07, 6.45) is 5.98. The van der Waals surface area contributed by atoms with Crippen molar-refractivity contribution in [1.29, 1.82) is 0 Å². The van der Waals surface area contributed by atoms with E-state index >= 15 is 0 Å². The van der Waals surface area contributed by atoms with Crippen LogP contribution >= 0.6 is 0 Å². The molecule has 0 saturated carbocycles. The van der Waals surface area contributed by atoms with Crippen molar-refractivity contribution < 1.29 is 24.0 Å². The number of carboxylic acid groups (broad SMARTS) is 1. The van der Waals surface area contributed by atoms with Crippen molar-refractivity contribution in [3.05, 3.63) is 63.9 Å². The molecule has 1 amide bonds. The van der Waals surface area contributed by atoms with Gasteiger partial charge in [-0.2, -0.15) is 0 Å². The van der Waals surface area contributed by atoms with Crippen molar-refractivity contribution in [3.63, 3.8) is 0 Å². The number of terminal acetylenes is 1. The predicted octanol–water partition coefficient (Wildman–Crippen LogP) is 3.74. The number of furan rings is 1. The maximum atomic E-state index is 11.5. The van der Waals surface area contributed by atoms with Gasteiger partial charge in [0.25, 0.3) is 5.69 Å². The Labute approximate surface area is 177 Å². The molecule has 1 heterocycles. The molecule has 9 heteroatoms. The first kappa shape index (κ1) is 21.4. The zero-order chi connectivity index (χ0) is 22.5. The van der Waals surface area contributed by atoms with Crippen molar-refractivity contribution in [2.24, 2.45) is 0 Å². The van der Waals surface area contributed by atoms with Crippen LogP contribution in [-0.4, -0.2) is 29.0 Å². The molecule has 2 N–H and O–H groups in total. The summed E-state index contributed by atoms with van der Waals surface area (Å²) in [4.78, 5) is 34.8. The van der Waals surface area contributed by atoms with Gasteiger partial charge in [-0.1, -0.05) is 18.1 Å². The van der Waals surface area contributed by atoms with Crippen LogP contribution in [-0.2, 0) is 16.1 Å². The minimum Gasteiger partial charge on any atom is -0.481 e. The fraction of sp³-hybridized carbons (Fsp3) is 0.182. The number of carbonyl (C=O) groups excluding carboxylic acids is 1. The van der Waals surface area contributed by atoms with Crippen LogP contribution in [0.2, 0.25) is 0 Å². The summed E-state index contributed by atoms with van der Waals surface area (Å²) in [6, 6.07) is 11.3. The van der Waals surface area contributed by atoms with E-state index in [4.69, 9.17) is 10.8 Å². The van der Waals surface area contributed by atoms with Gasteiger partial charge in [0.05, 0.1) is 17.2 Å². The summed E-state index contributed by atoms with van der Waals surface area (Å²) in [7, 11) is 0. The Morgan fingerprint density at radius 1 is 1.35 bits per heavy atom. The number of para-hydroxylation sites is 1. The van der Waals surface area contributed by atoms with E-state index in [1.165, 1.54) is 19.1 Å². The van der Waals surface area contributed by atoms with Gasteiger partial charge < -0.3 is 19.7 Å². The largest absolute Gasteiger partial charge is 0.481 e. The molecule has 0 aliphatic rings. The number of amides is 1. The third kappa shape index (κ3) is 4.33. The molecule has 0 aliphatic carbocycles. The van der Waals surface area contributed by atoms with Crippen LogP contribution in [0.4, 0.5) is 17.1 Å². The molecule has 0 spiro atoms. The number of anilines is 2. The highest BCUT2D eigenvalue weighted by Gasteiger charge is 2.26. The van der Waals surface area contributed by atoms with Gasteiger partial charge in [0.1, 0.15) is 17.3 Å². The normalized spacial score (nSPS) is 11.5. The summed E-state index contributed by atoms with van der Waals surface area (Å²) < 4.78 is 5.90. The lowest BCUT2D eigenvalue weighted by Crippen LogP contribution is -2.22. The Kier molecular flexibility index (Phi) is 6.21. The van der Waals surface area contributed by atoms with Crippen LogP contribution in [0.5, 0.6) is 0 Å². The van der Waals surface area contributed by atoms with Crippen molar-refractivity contribution in [2.75, 3.05) is 16.8 Å². The number of aliphatic carboxylic acids is 1. The summed E-state index contributed by atoms with van der Waals surface area (Å²) in [5, 5.41) is 23.4. The van der Waals surface area contributed by atoms with Crippen LogP contribution in [0.15, 0.2) is 46.9 Å². The Hall–Kier alpha value is -4.32. The van der Waals surface area contributed by atoms with Gasteiger partial charge in [-0.15, -0.1) is 6.42 Å². The smallest absolute Gasteiger partial charge is 0.314 e. The first-order valence-corrected chi connectivity index (χ1v) is 9.27. The number of nitro benzene ring substituents is 1. The summed E-state index contributed by atoms with van der Waals surface area (Å²) in [6.45, 7) is 2.00. The van der Waals surface area contributed by atoms with Gasteiger partial charge >= 0.3 is 5.97 Å².